The lowest BCUT2D eigenvalue weighted by molar-refractivity contribution is 0.383. The molecule has 0 aliphatic rings. The average Bonchev–Trinajstić information content (AvgIpc) is 3.12. The summed E-state index contributed by atoms with van der Waals surface area (Å²) in [6.45, 7) is 3.23. The highest BCUT2D eigenvalue weighted by Crippen LogP contribution is 2.24. The van der Waals surface area contributed by atoms with Gasteiger partial charge in [0, 0.05) is 12.5 Å². The fraction of sp³-hybridized carbons (Fsp3) is 0.214. The van der Waals surface area contributed by atoms with Gasteiger partial charge in [0.05, 0.1) is 7.11 Å². The van der Waals surface area contributed by atoms with E-state index in [0.717, 1.165) is 3.97 Å². The van der Waals surface area contributed by atoms with Gasteiger partial charge in [-0.25, -0.2) is 4.79 Å². The Morgan fingerprint density at radius 1 is 1.12 bits per heavy atom. The topological polar surface area (TPSA) is 110 Å². The highest BCUT2D eigenvalue weighted by Gasteiger charge is 2.23. The third kappa shape index (κ3) is 2.83. The van der Waals surface area contributed by atoms with Crippen LogP contribution < -0.4 is 14.7 Å². The Morgan fingerprint density at radius 3 is 2.42 bits per heavy atom. The maximum atomic E-state index is 12.5. The van der Waals surface area contributed by atoms with Gasteiger partial charge < -0.3 is 13.4 Å². The van der Waals surface area contributed by atoms with Crippen molar-refractivity contribution in [2.75, 3.05) is 7.11 Å². The van der Waals surface area contributed by atoms with E-state index in [1.165, 1.54) is 7.11 Å². The molecule has 9 nitrogen and oxygen atoms in total. The summed E-state index contributed by atoms with van der Waals surface area (Å²) in [6.07, 6.45) is 0. The second-order valence-corrected chi connectivity index (χ2v) is 5.71. The maximum absolute atomic E-state index is 12.5. The first-order chi connectivity index (χ1) is 11.5. The molecule has 126 valence electrons. The van der Waals surface area contributed by atoms with Crippen LogP contribution >= 0.6 is 0 Å². The summed E-state index contributed by atoms with van der Waals surface area (Å²) < 4.78 is 33.2. The van der Waals surface area contributed by atoms with Gasteiger partial charge in [-0.05, 0) is 31.2 Å². The smallest absolute Gasteiger partial charge is 0.456 e. The predicted octanol–water partition coefficient (Wildman–Crippen LogP) is 1.62. The maximum Gasteiger partial charge on any atom is 0.456 e. The van der Waals surface area contributed by atoms with Gasteiger partial charge in [-0.3, -0.25) is 4.52 Å². The van der Waals surface area contributed by atoms with Gasteiger partial charge in [-0.15, -0.1) is 3.97 Å². The monoisotopic (exact) mass is 351 g/mol. The van der Waals surface area contributed by atoms with Gasteiger partial charge in [0.1, 0.15) is 11.4 Å². The van der Waals surface area contributed by atoms with Crippen LogP contribution in [0.5, 0.6) is 11.5 Å². The zero-order chi connectivity index (χ0) is 17.3. The molecule has 0 saturated carbocycles. The summed E-state index contributed by atoms with van der Waals surface area (Å²) in [7, 11) is 1.54. The standard InChI is InChI=1S/C14H13N3O6S/c1-8-12(9(2)21-15-8)23-24(19)17-13(16-22-14(17)18)10-4-6-11(20-3)7-5-10/h4-7H,1-3H3. The molecule has 2 aromatic heterocycles. The highest BCUT2D eigenvalue weighted by atomic mass is 32.2. The van der Waals surface area contributed by atoms with E-state index >= 15 is 0 Å². The van der Waals surface area contributed by atoms with Crippen LogP contribution in [0.25, 0.3) is 11.4 Å². The normalized spacial score (nSPS) is 12.1. The van der Waals surface area contributed by atoms with Crippen LogP contribution in [0.15, 0.2) is 38.1 Å². The first kappa shape index (κ1) is 16.0. The number of aryl methyl sites for hydroxylation is 2. The number of methoxy groups -OCH3 is 1. The second kappa shape index (κ2) is 6.32. The molecule has 0 aliphatic heterocycles. The van der Waals surface area contributed by atoms with E-state index < -0.39 is 17.0 Å². The Labute approximate surface area is 138 Å². The lowest BCUT2D eigenvalue weighted by atomic mass is 10.2. The molecule has 0 bridgehead atoms. The first-order valence-electron chi connectivity index (χ1n) is 6.78. The molecule has 3 rings (SSSR count). The van der Waals surface area contributed by atoms with E-state index in [2.05, 4.69) is 14.8 Å². The molecule has 24 heavy (non-hydrogen) atoms. The molecule has 0 saturated heterocycles. The van der Waals surface area contributed by atoms with Gasteiger partial charge in [-0.2, -0.15) is 4.21 Å². The molecule has 1 unspecified atom stereocenters. The van der Waals surface area contributed by atoms with Crippen molar-refractivity contribution in [1.82, 2.24) is 14.3 Å². The van der Waals surface area contributed by atoms with Gasteiger partial charge in [0.15, 0.2) is 5.76 Å². The van der Waals surface area contributed by atoms with Crippen molar-refractivity contribution in [3.63, 3.8) is 0 Å². The van der Waals surface area contributed by atoms with Crippen LogP contribution in [0, 0.1) is 13.8 Å². The minimum atomic E-state index is -2.22. The van der Waals surface area contributed by atoms with Crippen molar-refractivity contribution in [3.05, 3.63) is 46.3 Å². The van der Waals surface area contributed by atoms with Gasteiger partial charge in [-0.1, -0.05) is 10.3 Å². The van der Waals surface area contributed by atoms with Crippen molar-refractivity contribution in [2.24, 2.45) is 0 Å². The Morgan fingerprint density at radius 2 is 1.83 bits per heavy atom. The molecule has 2 heterocycles. The molecular weight excluding hydrogens is 338 g/mol. The molecular formula is C14H13N3O6S. The highest BCUT2D eigenvalue weighted by molar-refractivity contribution is 7.79. The summed E-state index contributed by atoms with van der Waals surface area (Å²) in [5.41, 5.74) is 0.925. The van der Waals surface area contributed by atoms with Crippen molar-refractivity contribution >= 4 is 11.3 Å². The van der Waals surface area contributed by atoms with Crippen molar-refractivity contribution < 1.29 is 22.2 Å². The number of aromatic nitrogens is 3. The molecule has 0 spiro atoms. The van der Waals surface area contributed by atoms with Gasteiger partial charge in [0.2, 0.25) is 11.6 Å². The third-order valence-electron chi connectivity index (χ3n) is 3.19. The summed E-state index contributed by atoms with van der Waals surface area (Å²) in [5, 5.41) is 7.36. The molecule has 1 aromatic carbocycles. The minimum absolute atomic E-state index is 0.0627. The number of ether oxygens (including phenoxy) is 1. The van der Waals surface area contributed by atoms with Gasteiger partial charge in [0.25, 0.3) is 0 Å². The van der Waals surface area contributed by atoms with Crippen LogP contribution in [0.1, 0.15) is 11.5 Å². The van der Waals surface area contributed by atoms with E-state index in [4.69, 9.17) is 13.4 Å². The quantitative estimate of drug-likeness (QED) is 0.682. The van der Waals surface area contributed by atoms with Crippen LogP contribution in [-0.4, -0.2) is 25.6 Å². The van der Waals surface area contributed by atoms with Gasteiger partial charge >= 0.3 is 17.0 Å². The zero-order valence-corrected chi connectivity index (χ0v) is 13.8. The zero-order valence-electron chi connectivity index (χ0n) is 13.0. The molecule has 0 fully saturated rings. The minimum Gasteiger partial charge on any atom is -0.497 e. The Hall–Kier alpha value is -2.88. The predicted molar refractivity (Wildman–Crippen MR) is 82.9 cm³/mol. The Kier molecular flexibility index (Phi) is 4.21. The summed E-state index contributed by atoms with van der Waals surface area (Å²) >= 11 is -2.22. The van der Waals surface area contributed by atoms with Crippen molar-refractivity contribution in [1.29, 1.82) is 0 Å². The molecule has 3 aromatic rings. The molecule has 1 atom stereocenters. The number of rotatable bonds is 5. The van der Waals surface area contributed by atoms with Crippen molar-refractivity contribution in [3.8, 4) is 22.9 Å². The molecule has 0 N–H and O–H groups in total. The van der Waals surface area contributed by atoms with E-state index in [1.54, 1.807) is 38.1 Å². The third-order valence-corrected chi connectivity index (χ3v) is 4.12. The molecule has 0 amide bonds. The number of nitrogens with zero attached hydrogens (tertiary/aromatic N) is 3. The lowest BCUT2D eigenvalue weighted by Gasteiger charge is -2.05. The van der Waals surface area contributed by atoms with E-state index in [-0.39, 0.29) is 11.6 Å². The number of benzene rings is 1. The fourth-order valence-electron chi connectivity index (χ4n) is 1.99. The van der Waals surface area contributed by atoms with E-state index in [1.807, 2.05) is 0 Å². The second-order valence-electron chi connectivity index (χ2n) is 4.75. The Bertz CT molecular complexity index is 921. The van der Waals surface area contributed by atoms with E-state index in [0.29, 0.717) is 22.8 Å². The summed E-state index contributed by atoms with van der Waals surface area (Å²) in [6, 6.07) is 6.66. The molecule has 0 aliphatic carbocycles. The van der Waals surface area contributed by atoms with E-state index in [9.17, 15) is 9.00 Å². The molecule has 10 heteroatoms. The first-order valence-corrected chi connectivity index (χ1v) is 7.81. The summed E-state index contributed by atoms with van der Waals surface area (Å²) in [5.74, 6) is 0.321. The lowest BCUT2D eigenvalue weighted by Crippen LogP contribution is -2.23. The van der Waals surface area contributed by atoms with Crippen LogP contribution in [0.3, 0.4) is 0 Å². The van der Waals surface area contributed by atoms with Crippen LogP contribution in [0.2, 0.25) is 0 Å². The SMILES string of the molecule is COc1ccc(-c2noc(=O)n2S(=O)Oc2c(C)noc2C)cc1. The fourth-order valence-corrected chi connectivity index (χ4v) is 2.88. The molecule has 0 radical (unpaired) electrons. The van der Waals surface area contributed by atoms with Crippen molar-refractivity contribution in [2.45, 2.75) is 13.8 Å². The largest absolute Gasteiger partial charge is 0.497 e. The van der Waals surface area contributed by atoms with Crippen LogP contribution in [0.4, 0.5) is 0 Å². The number of hydrogen-bond acceptors (Lipinski definition) is 8. The van der Waals surface area contributed by atoms with Crippen LogP contribution in [-0.2, 0) is 11.3 Å². The summed E-state index contributed by atoms with van der Waals surface area (Å²) in [4.78, 5) is 11.9. The number of hydrogen-bond donors (Lipinski definition) is 0. The average molecular weight is 351 g/mol. The Balaban J connectivity index is 1.97.